The number of likely N-dealkylation sites (tertiary alicyclic amines) is 1. The molecule has 2 N–H and O–H groups in total. The Bertz CT molecular complexity index is 561. The van der Waals surface area contributed by atoms with Gasteiger partial charge in [0.15, 0.2) is 11.6 Å². The van der Waals surface area contributed by atoms with Gasteiger partial charge in [-0.15, -0.1) is 0 Å². The lowest BCUT2D eigenvalue weighted by Gasteiger charge is -2.29. The molecule has 1 aliphatic heterocycles. The lowest BCUT2D eigenvalue weighted by molar-refractivity contribution is -0.138. The van der Waals surface area contributed by atoms with Gasteiger partial charge in [-0.2, -0.15) is 13.2 Å². The lowest BCUT2D eigenvalue weighted by Crippen LogP contribution is -2.45. The van der Waals surface area contributed by atoms with E-state index in [4.69, 9.17) is 18.0 Å². The van der Waals surface area contributed by atoms with Crippen molar-refractivity contribution in [2.24, 2.45) is 5.73 Å². The minimum Gasteiger partial charge on any atom is -0.355 e. The third-order valence-corrected chi connectivity index (χ3v) is 4.25. The van der Waals surface area contributed by atoms with Gasteiger partial charge in [-0.25, -0.2) is 8.78 Å². The molecule has 0 aliphatic carbocycles. The molecular weight excluding hydrogens is 323 g/mol. The second kappa shape index (κ2) is 6.45. The molecule has 0 radical (unpaired) electrons. The molecule has 1 saturated heterocycles. The number of nitrogens with zero attached hydrogens (tertiary/aromatic N) is 1. The van der Waals surface area contributed by atoms with E-state index in [0.717, 1.165) is 11.0 Å². The van der Waals surface area contributed by atoms with Crippen LogP contribution in [0.5, 0.6) is 0 Å². The van der Waals surface area contributed by atoms with E-state index in [9.17, 15) is 22.0 Å². The zero-order chi connectivity index (χ0) is 16.5. The van der Waals surface area contributed by atoms with Crippen molar-refractivity contribution in [1.82, 2.24) is 4.90 Å². The van der Waals surface area contributed by atoms with Crippen molar-refractivity contribution in [3.63, 3.8) is 0 Å². The Hall–Kier alpha value is -1.28. The van der Waals surface area contributed by atoms with Gasteiger partial charge in [0.2, 0.25) is 0 Å². The molecule has 0 aromatic heterocycles. The molecule has 1 aliphatic rings. The highest BCUT2D eigenvalue weighted by molar-refractivity contribution is 7.80. The molecule has 22 heavy (non-hydrogen) atoms. The zero-order valence-corrected chi connectivity index (χ0v) is 12.4. The van der Waals surface area contributed by atoms with E-state index in [0.29, 0.717) is 12.8 Å². The summed E-state index contributed by atoms with van der Waals surface area (Å²) in [5, 5.41) is 0. The van der Waals surface area contributed by atoms with Gasteiger partial charge in [-0.3, -0.25) is 0 Å². The maximum atomic E-state index is 13.9. The number of rotatable bonds is 2. The number of thiocarbonyl (C=S) groups is 1. The number of benzene rings is 1. The van der Waals surface area contributed by atoms with Crippen LogP contribution >= 0.6 is 12.2 Å². The second-order valence-corrected chi connectivity index (χ2v) is 5.78. The number of hydrogen-bond acceptors (Lipinski definition) is 2. The highest BCUT2D eigenvalue weighted by atomic mass is 32.1. The van der Waals surface area contributed by atoms with Crippen molar-refractivity contribution < 1.29 is 22.0 Å². The Labute approximate surface area is 130 Å². The molecule has 0 bridgehead atoms. The average Bonchev–Trinajstić information content (AvgIpc) is 2.54. The minimum atomic E-state index is -4.45. The van der Waals surface area contributed by atoms with E-state index in [1.807, 2.05) is 0 Å². The standard InChI is InChI=1S/C14H15F5N2S/c15-10-3-1-2-9(12(10)16)8-4-5-11(20)13(22)21(6-8)7-14(17,18)19/h1-3,8,11H,4-7,20H2. The molecule has 1 fully saturated rings. The molecule has 1 aromatic carbocycles. The van der Waals surface area contributed by atoms with Gasteiger partial charge in [0.1, 0.15) is 6.54 Å². The Morgan fingerprint density at radius 1 is 1.23 bits per heavy atom. The molecule has 1 heterocycles. The number of halogens is 5. The van der Waals surface area contributed by atoms with Gasteiger partial charge >= 0.3 is 6.18 Å². The predicted octanol–water partition coefficient (Wildman–Crippen LogP) is 3.36. The molecular formula is C14H15F5N2S. The summed E-state index contributed by atoms with van der Waals surface area (Å²) in [5.41, 5.74) is 5.84. The van der Waals surface area contributed by atoms with Gasteiger partial charge in [-0.1, -0.05) is 24.4 Å². The van der Waals surface area contributed by atoms with Gasteiger partial charge < -0.3 is 10.6 Å². The molecule has 0 saturated carbocycles. The fourth-order valence-corrected chi connectivity index (χ4v) is 2.89. The largest absolute Gasteiger partial charge is 0.405 e. The number of hydrogen-bond donors (Lipinski definition) is 1. The van der Waals surface area contributed by atoms with Gasteiger partial charge in [0.05, 0.1) is 11.0 Å². The SMILES string of the molecule is NC1CCC(c2cccc(F)c2F)CN(CC(F)(F)F)C1=S. The summed E-state index contributed by atoms with van der Waals surface area (Å²) in [5.74, 6) is -2.64. The van der Waals surface area contributed by atoms with Crippen molar-refractivity contribution in [2.45, 2.75) is 31.0 Å². The van der Waals surface area contributed by atoms with E-state index >= 15 is 0 Å². The minimum absolute atomic E-state index is 0.0108. The topological polar surface area (TPSA) is 29.3 Å². The van der Waals surface area contributed by atoms with E-state index < -0.39 is 36.3 Å². The predicted molar refractivity (Wildman–Crippen MR) is 76.5 cm³/mol. The molecule has 2 nitrogen and oxygen atoms in total. The van der Waals surface area contributed by atoms with Crippen molar-refractivity contribution in [3.8, 4) is 0 Å². The van der Waals surface area contributed by atoms with Crippen molar-refractivity contribution in [3.05, 3.63) is 35.4 Å². The van der Waals surface area contributed by atoms with E-state index in [-0.39, 0.29) is 17.1 Å². The average molecular weight is 338 g/mol. The first-order valence-electron chi connectivity index (χ1n) is 6.74. The van der Waals surface area contributed by atoms with Crippen LogP contribution < -0.4 is 5.73 Å². The fourth-order valence-electron chi connectivity index (χ4n) is 2.63. The molecule has 2 rings (SSSR count). The van der Waals surface area contributed by atoms with Crippen LogP contribution in [0.4, 0.5) is 22.0 Å². The Kier molecular flexibility index (Phi) is 5.01. The summed E-state index contributed by atoms with van der Waals surface area (Å²) in [6.45, 7) is -1.38. The third kappa shape index (κ3) is 3.92. The Morgan fingerprint density at radius 3 is 2.55 bits per heavy atom. The van der Waals surface area contributed by atoms with Crippen LogP contribution in [0.1, 0.15) is 24.3 Å². The maximum Gasteiger partial charge on any atom is 0.405 e. The molecule has 0 spiro atoms. The molecule has 122 valence electrons. The zero-order valence-electron chi connectivity index (χ0n) is 11.5. The summed E-state index contributed by atoms with van der Waals surface area (Å²) in [6.07, 6.45) is -3.77. The molecule has 0 amide bonds. The van der Waals surface area contributed by atoms with Gasteiger partial charge in [-0.05, 0) is 24.5 Å². The summed E-state index contributed by atoms with van der Waals surface area (Å²) in [4.78, 5) is 0.957. The first-order chi connectivity index (χ1) is 10.2. The van der Waals surface area contributed by atoms with Crippen LogP contribution in [0.2, 0.25) is 0 Å². The van der Waals surface area contributed by atoms with Crippen LogP contribution in [0.25, 0.3) is 0 Å². The number of nitrogens with two attached hydrogens (primary N) is 1. The second-order valence-electron chi connectivity index (χ2n) is 5.36. The highest BCUT2D eigenvalue weighted by Crippen LogP contribution is 2.31. The first kappa shape index (κ1) is 17.1. The lowest BCUT2D eigenvalue weighted by atomic mass is 9.93. The third-order valence-electron chi connectivity index (χ3n) is 3.69. The molecule has 8 heteroatoms. The van der Waals surface area contributed by atoms with E-state index in [1.165, 1.54) is 12.1 Å². The van der Waals surface area contributed by atoms with Crippen LogP contribution in [0.15, 0.2) is 18.2 Å². The maximum absolute atomic E-state index is 13.9. The van der Waals surface area contributed by atoms with Crippen molar-refractivity contribution in [2.75, 3.05) is 13.1 Å². The van der Waals surface area contributed by atoms with Gasteiger partial charge in [0.25, 0.3) is 0 Å². The van der Waals surface area contributed by atoms with E-state index in [1.54, 1.807) is 0 Å². The van der Waals surface area contributed by atoms with Crippen molar-refractivity contribution >= 4 is 17.2 Å². The Balaban J connectivity index is 2.29. The van der Waals surface area contributed by atoms with Crippen LogP contribution in [-0.2, 0) is 0 Å². The van der Waals surface area contributed by atoms with Crippen molar-refractivity contribution in [1.29, 1.82) is 0 Å². The first-order valence-corrected chi connectivity index (χ1v) is 7.15. The molecule has 1 aromatic rings. The fraction of sp³-hybridized carbons (Fsp3) is 0.500. The Morgan fingerprint density at radius 2 is 1.91 bits per heavy atom. The monoisotopic (exact) mass is 338 g/mol. The quantitative estimate of drug-likeness (QED) is 0.662. The van der Waals surface area contributed by atoms with Crippen LogP contribution in [-0.4, -0.2) is 35.2 Å². The molecule has 2 unspecified atom stereocenters. The summed E-state index contributed by atoms with van der Waals surface area (Å²) in [6, 6.07) is 3.00. The number of alkyl halides is 3. The molecule has 2 atom stereocenters. The normalized spacial score (nSPS) is 23.5. The summed E-state index contributed by atoms with van der Waals surface area (Å²) >= 11 is 5.00. The van der Waals surface area contributed by atoms with E-state index in [2.05, 4.69) is 0 Å². The summed E-state index contributed by atoms with van der Waals surface area (Å²) < 4.78 is 65.2. The summed E-state index contributed by atoms with van der Waals surface area (Å²) in [7, 11) is 0. The van der Waals surface area contributed by atoms with Gasteiger partial charge in [0, 0.05) is 12.5 Å². The smallest absolute Gasteiger partial charge is 0.355 e. The van der Waals surface area contributed by atoms with Crippen LogP contribution in [0, 0.1) is 11.6 Å². The highest BCUT2D eigenvalue weighted by Gasteiger charge is 2.36. The van der Waals surface area contributed by atoms with Crippen LogP contribution in [0.3, 0.4) is 0 Å².